The van der Waals surface area contributed by atoms with Crippen LogP contribution in [0.2, 0.25) is 0 Å². The molecule has 1 aromatic carbocycles. The summed E-state index contributed by atoms with van der Waals surface area (Å²) in [7, 11) is 0. The SMILES string of the molecule is O=C(O)C1Cc2cccc(C(F)(F)F)c21. The van der Waals surface area contributed by atoms with E-state index < -0.39 is 23.6 Å². The zero-order chi connectivity index (χ0) is 11.2. The summed E-state index contributed by atoms with van der Waals surface area (Å²) in [5, 5.41) is 8.70. The Morgan fingerprint density at radius 1 is 1.40 bits per heavy atom. The summed E-state index contributed by atoms with van der Waals surface area (Å²) in [5.41, 5.74) is -0.409. The van der Waals surface area contributed by atoms with Crippen LogP contribution in [0.3, 0.4) is 0 Å². The fraction of sp³-hybridized carbons (Fsp3) is 0.300. The van der Waals surface area contributed by atoms with Crippen LogP contribution in [0.1, 0.15) is 22.6 Å². The van der Waals surface area contributed by atoms with Gasteiger partial charge in [0.05, 0.1) is 11.5 Å². The number of carbonyl (C=O) groups is 1. The van der Waals surface area contributed by atoms with Crippen LogP contribution in [-0.4, -0.2) is 11.1 Å². The molecule has 1 N–H and O–H groups in total. The third kappa shape index (κ3) is 1.48. The number of carboxylic acids is 1. The van der Waals surface area contributed by atoms with Crippen LogP contribution in [0.5, 0.6) is 0 Å². The van der Waals surface area contributed by atoms with E-state index >= 15 is 0 Å². The second-order valence-corrected chi connectivity index (χ2v) is 3.47. The predicted octanol–water partition coefficient (Wildman–Crippen LogP) is 2.43. The Labute approximate surface area is 83.3 Å². The number of benzene rings is 1. The number of carboxylic acid groups (broad SMARTS) is 1. The number of halogens is 3. The van der Waals surface area contributed by atoms with Crippen molar-refractivity contribution in [3.05, 3.63) is 34.9 Å². The highest BCUT2D eigenvalue weighted by molar-refractivity contribution is 5.81. The van der Waals surface area contributed by atoms with Gasteiger partial charge in [-0.05, 0) is 23.6 Å². The van der Waals surface area contributed by atoms with Gasteiger partial charge in [-0.15, -0.1) is 0 Å². The maximum absolute atomic E-state index is 12.5. The molecule has 0 spiro atoms. The lowest BCUT2D eigenvalue weighted by atomic mass is 9.75. The normalized spacial score (nSPS) is 19.3. The summed E-state index contributed by atoms with van der Waals surface area (Å²) >= 11 is 0. The molecule has 0 aromatic heterocycles. The minimum atomic E-state index is -4.47. The van der Waals surface area contributed by atoms with Crippen LogP contribution in [0.25, 0.3) is 0 Å². The second-order valence-electron chi connectivity index (χ2n) is 3.47. The van der Waals surface area contributed by atoms with Gasteiger partial charge in [0.1, 0.15) is 0 Å². The van der Waals surface area contributed by atoms with Gasteiger partial charge in [0, 0.05) is 0 Å². The lowest BCUT2D eigenvalue weighted by Gasteiger charge is -2.30. The second kappa shape index (κ2) is 2.98. The molecule has 0 amide bonds. The molecular weight excluding hydrogens is 209 g/mol. The van der Waals surface area contributed by atoms with Crippen molar-refractivity contribution in [1.29, 1.82) is 0 Å². The van der Waals surface area contributed by atoms with Gasteiger partial charge in [0.2, 0.25) is 0 Å². The predicted molar refractivity (Wildman–Crippen MR) is 45.5 cm³/mol. The third-order valence-corrected chi connectivity index (χ3v) is 2.57. The minimum Gasteiger partial charge on any atom is -0.481 e. The van der Waals surface area contributed by atoms with E-state index in [0.717, 1.165) is 6.07 Å². The summed E-state index contributed by atoms with van der Waals surface area (Å²) in [6.07, 6.45) is -4.28. The van der Waals surface area contributed by atoms with Crippen molar-refractivity contribution in [3.63, 3.8) is 0 Å². The van der Waals surface area contributed by atoms with Gasteiger partial charge in [-0.25, -0.2) is 0 Å². The van der Waals surface area contributed by atoms with Crippen molar-refractivity contribution < 1.29 is 23.1 Å². The lowest BCUT2D eigenvalue weighted by molar-refractivity contribution is -0.142. The van der Waals surface area contributed by atoms with Crippen LogP contribution in [0, 0.1) is 0 Å². The molecule has 0 saturated carbocycles. The van der Waals surface area contributed by atoms with Crippen LogP contribution < -0.4 is 0 Å². The Morgan fingerprint density at radius 2 is 2.07 bits per heavy atom. The number of hydrogen-bond acceptors (Lipinski definition) is 1. The number of rotatable bonds is 1. The van der Waals surface area contributed by atoms with Gasteiger partial charge < -0.3 is 5.11 Å². The van der Waals surface area contributed by atoms with Crippen molar-refractivity contribution in [2.24, 2.45) is 0 Å². The van der Waals surface area contributed by atoms with Crippen LogP contribution in [-0.2, 0) is 17.4 Å². The first-order chi connectivity index (χ1) is 6.91. The van der Waals surface area contributed by atoms with Crippen molar-refractivity contribution in [1.82, 2.24) is 0 Å². The van der Waals surface area contributed by atoms with E-state index in [9.17, 15) is 18.0 Å². The molecule has 2 rings (SSSR count). The maximum atomic E-state index is 12.5. The van der Waals surface area contributed by atoms with Crippen molar-refractivity contribution in [2.75, 3.05) is 0 Å². The smallest absolute Gasteiger partial charge is 0.416 e. The molecule has 1 unspecified atom stereocenters. The van der Waals surface area contributed by atoms with Gasteiger partial charge in [0.15, 0.2) is 0 Å². The van der Waals surface area contributed by atoms with Crippen molar-refractivity contribution in [3.8, 4) is 0 Å². The Bertz CT molecular complexity index is 423. The summed E-state index contributed by atoms with van der Waals surface area (Å²) in [6, 6.07) is 3.76. The highest BCUT2D eigenvalue weighted by Gasteiger charge is 2.42. The summed E-state index contributed by atoms with van der Waals surface area (Å²) in [4.78, 5) is 10.7. The largest absolute Gasteiger partial charge is 0.481 e. The molecule has 1 atom stereocenters. The fourth-order valence-corrected chi connectivity index (χ4v) is 1.85. The zero-order valence-corrected chi connectivity index (χ0v) is 7.51. The summed E-state index contributed by atoms with van der Waals surface area (Å²) < 4.78 is 37.5. The van der Waals surface area contributed by atoms with Crippen molar-refractivity contribution >= 4 is 5.97 Å². The molecule has 0 aliphatic heterocycles. The average molecular weight is 216 g/mol. The van der Waals surface area contributed by atoms with E-state index in [4.69, 9.17) is 5.11 Å². The molecule has 0 bridgehead atoms. The number of alkyl halides is 3. The molecule has 1 aliphatic rings. The van der Waals surface area contributed by atoms with Gasteiger partial charge >= 0.3 is 12.1 Å². The first-order valence-corrected chi connectivity index (χ1v) is 4.33. The van der Waals surface area contributed by atoms with Gasteiger partial charge in [-0.2, -0.15) is 13.2 Å². The summed E-state index contributed by atoms with van der Waals surface area (Å²) in [6.45, 7) is 0. The summed E-state index contributed by atoms with van der Waals surface area (Å²) in [5.74, 6) is -2.20. The van der Waals surface area contributed by atoms with Gasteiger partial charge in [-0.3, -0.25) is 4.79 Å². The van der Waals surface area contributed by atoms with E-state index in [1.54, 1.807) is 0 Å². The molecule has 0 heterocycles. The van der Waals surface area contributed by atoms with E-state index in [2.05, 4.69) is 0 Å². The molecule has 15 heavy (non-hydrogen) atoms. The first kappa shape index (κ1) is 10.0. The Morgan fingerprint density at radius 3 is 2.60 bits per heavy atom. The average Bonchev–Trinajstić information content (AvgIpc) is 2.03. The van der Waals surface area contributed by atoms with Gasteiger partial charge in [-0.1, -0.05) is 12.1 Å². The molecule has 0 fully saturated rings. The molecule has 0 saturated heterocycles. The van der Waals surface area contributed by atoms with Crippen LogP contribution in [0.15, 0.2) is 18.2 Å². The Balaban J connectivity index is 2.51. The monoisotopic (exact) mass is 216 g/mol. The molecule has 1 aromatic rings. The van der Waals surface area contributed by atoms with Crippen LogP contribution >= 0.6 is 0 Å². The number of fused-ring (bicyclic) bond motifs is 1. The van der Waals surface area contributed by atoms with E-state index in [1.165, 1.54) is 12.1 Å². The third-order valence-electron chi connectivity index (χ3n) is 2.57. The van der Waals surface area contributed by atoms with E-state index in [-0.39, 0.29) is 12.0 Å². The Hall–Kier alpha value is -1.52. The number of hydrogen-bond donors (Lipinski definition) is 1. The quantitative estimate of drug-likeness (QED) is 0.782. The maximum Gasteiger partial charge on any atom is 0.416 e. The highest BCUT2D eigenvalue weighted by Crippen LogP contribution is 2.44. The standard InChI is InChI=1S/C10H7F3O2/c11-10(12,13)7-3-1-2-5-4-6(8(5)7)9(14)15/h1-3,6H,4H2,(H,14,15). The van der Waals surface area contributed by atoms with Crippen LogP contribution in [0.4, 0.5) is 13.2 Å². The minimum absolute atomic E-state index is 0.0718. The first-order valence-electron chi connectivity index (χ1n) is 4.33. The van der Waals surface area contributed by atoms with Crippen molar-refractivity contribution in [2.45, 2.75) is 18.5 Å². The van der Waals surface area contributed by atoms with E-state index in [0.29, 0.717) is 5.56 Å². The zero-order valence-electron chi connectivity index (χ0n) is 7.51. The molecular formula is C10H7F3O2. The molecule has 1 aliphatic carbocycles. The highest BCUT2D eigenvalue weighted by atomic mass is 19.4. The topological polar surface area (TPSA) is 37.3 Å². The number of aliphatic carboxylic acids is 1. The Kier molecular flexibility index (Phi) is 1.99. The molecule has 80 valence electrons. The fourth-order valence-electron chi connectivity index (χ4n) is 1.85. The van der Waals surface area contributed by atoms with E-state index in [1.807, 2.05) is 0 Å². The lowest BCUT2D eigenvalue weighted by Crippen LogP contribution is -2.28. The molecule has 5 heteroatoms. The molecule has 2 nitrogen and oxygen atoms in total. The molecule has 0 radical (unpaired) electrons. The van der Waals surface area contributed by atoms with Gasteiger partial charge in [0.25, 0.3) is 0 Å².